The number of amides is 3. The molecule has 0 saturated carbocycles. The lowest BCUT2D eigenvalue weighted by atomic mass is 9.99. The van der Waals surface area contributed by atoms with Crippen molar-refractivity contribution in [1.29, 1.82) is 0 Å². The third-order valence-corrected chi connectivity index (χ3v) is 4.09. The van der Waals surface area contributed by atoms with Gasteiger partial charge in [-0.25, -0.2) is 4.68 Å². The quantitative estimate of drug-likeness (QED) is 0.368. The van der Waals surface area contributed by atoms with E-state index in [4.69, 9.17) is 9.47 Å². The predicted octanol–water partition coefficient (Wildman–Crippen LogP) is 0.679. The van der Waals surface area contributed by atoms with Crippen LogP contribution in [0.25, 0.3) is 0 Å². The Morgan fingerprint density at radius 1 is 1.10 bits per heavy atom. The number of nitrogens with one attached hydrogen (secondary N) is 1. The molecule has 2 rings (SSSR count). The smallest absolute Gasteiger partial charge is 0.253 e. The third kappa shape index (κ3) is 8.83. The molecule has 1 aromatic rings. The first-order chi connectivity index (χ1) is 14.2. The second kappa shape index (κ2) is 11.6. The van der Waals surface area contributed by atoms with Crippen molar-refractivity contribution in [3.8, 4) is 0 Å². The molecule has 1 aliphatic heterocycles. The molecule has 0 aliphatic carbocycles. The van der Waals surface area contributed by atoms with Gasteiger partial charge in [-0.3, -0.25) is 19.3 Å². The second-order valence-electron chi connectivity index (χ2n) is 8.25. The second-order valence-corrected chi connectivity index (χ2v) is 8.25. The van der Waals surface area contributed by atoms with Crippen LogP contribution in [0, 0.1) is 5.41 Å². The summed E-state index contributed by atoms with van der Waals surface area (Å²) in [4.78, 5) is 35.6. The normalized spacial score (nSPS) is 14.0. The van der Waals surface area contributed by atoms with Crippen LogP contribution in [-0.2, 0) is 37.0 Å². The highest BCUT2D eigenvalue weighted by Crippen LogP contribution is 2.12. The Kier molecular flexibility index (Phi) is 9.13. The van der Waals surface area contributed by atoms with E-state index in [9.17, 15) is 14.4 Å². The number of imide groups is 1. The first-order valence-corrected chi connectivity index (χ1v) is 10.1. The molecule has 0 fully saturated rings. The van der Waals surface area contributed by atoms with Crippen LogP contribution in [0.15, 0.2) is 18.3 Å². The fourth-order valence-corrected chi connectivity index (χ4v) is 2.58. The van der Waals surface area contributed by atoms with Crippen LogP contribution in [0.4, 0.5) is 0 Å². The van der Waals surface area contributed by atoms with Crippen molar-refractivity contribution in [2.24, 2.45) is 5.41 Å². The number of nitrogens with zero attached hydrogens (tertiary/aromatic N) is 4. The molecule has 0 unspecified atom stereocenters. The summed E-state index contributed by atoms with van der Waals surface area (Å²) in [5.74, 6) is -0.967. The number of carbonyl (C=O) groups is 3. The zero-order valence-electron chi connectivity index (χ0n) is 17.9. The number of aromatic nitrogens is 3. The molecule has 0 radical (unpaired) electrons. The van der Waals surface area contributed by atoms with Gasteiger partial charge in [-0.15, -0.1) is 5.10 Å². The Labute approximate surface area is 176 Å². The highest BCUT2D eigenvalue weighted by molar-refractivity contribution is 6.13. The van der Waals surface area contributed by atoms with Crippen LogP contribution >= 0.6 is 0 Å². The Morgan fingerprint density at radius 2 is 1.83 bits per heavy atom. The van der Waals surface area contributed by atoms with E-state index in [1.165, 1.54) is 12.2 Å². The van der Waals surface area contributed by atoms with Crippen LogP contribution < -0.4 is 5.32 Å². The lowest BCUT2D eigenvalue weighted by Gasteiger charge is -2.17. The molecule has 0 aromatic carbocycles. The van der Waals surface area contributed by atoms with Crippen molar-refractivity contribution < 1.29 is 23.9 Å². The van der Waals surface area contributed by atoms with Crippen molar-refractivity contribution in [2.45, 2.75) is 46.8 Å². The summed E-state index contributed by atoms with van der Waals surface area (Å²) >= 11 is 0. The molecule has 166 valence electrons. The standard InChI is InChI=1S/C20H31N5O5/c1-20(2,3)15-30-12-10-24-13-16(22-23-24)14-29-11-4-8-21-17(26)7-9-25-18(27)5-6-19(25)28/h5-6,13H,4,7-12,14-15H2,1-3H3,(H,21,26). The summed E-state index contributed by atoms with van der Waals surface area (Å²) < 4.78 is 12.9. The highest BCUT2D eigenvalue weighted by Gasteiger charge is 2.23. The molecule has 1 aliphatic rings. The Bertz CT molecular complexity index is 735. The molecule has 0 saturated heterocycles. The molecule has 0 bridgehead atoms. The van der Waals surface area contributed by atoms with Crippen molar-refractivity contribution in [3.63, 3.8) is 0 Å². The number of hydrogen-bond acceptors (Lipinski definition) is 7. The zero-order valence-corrected chi connectivity index (χ0v) is 17.9. The molecule has 2 heterocycles. The van der Waals surface area contributed by atoms with Crippen LogP contribution in [0.3, 0.4) is 0 Å². The van der Waals surface area contributed by atoms with Crippen LogP contribution in [0.5, 0.6) is 0 Å². The molecular weight excluding hydrogens is 390 g/mol. The SMILES string of the molecule is CC(C)(C)COCCn1cc(COCCCNC(=O)CCN2C(=O)C=CC2=O)nn1. The molecule has 1 N–H and O–H groups in total. The lowest BCUT2D eigenvalue weighted by Crippen LogP contribution is -2.35. The van der Waals surface area contributed by atoms with Gasteiger partial charge >= 0.3 is 0 Å². The number of rotatable bonds is 13. The van der Waals surface area contributed by atoms with E-state index in [1.807, 2.05) is 6.20 Å². The van der Waals surface area contributed by atoms with Crippen LogP contribution in [0.1, 0.15) is 39.3 Å². The molecule has 0 spiro atoms. The Balaban J connectivity index is 1.48. The summed E-state index contributed by atoms with van der Waals surface area (Å²) in [5.41, 5.74) is 0.882. The molecule has 10 heteroatoms. The van der Waals surface area contributed by atoms with Gasteiger partial charge in [0.25, 0.3) is 11.8 Å². The minimum absolute atomic E-state index is 0.0859. The number of ether oxygens (including phenoxy) is 2. The fraction of sp³-hybridized carbons (Fsp3) is 0.650. The van der Waals surface area contributed by atoms with Crippen LogP contribution in [0.2, 0.25) is 0 Å². The average molecular weight is 421 g/mol. The largest absolute Gasteiger partial charge is 0.379 e. The number of hydrogen-bond donors (Lipinski definition) is 1. The molecule has 0 atom stereocenters. The van der Waals surface area contributed by atoms with Gasteiger partial charge in [-0.2, -0.15) is 0 Å². The van der Waals surface area contributed by atoms with Crippen LogP contribution in [-0.4, -0.2) is 70.5 Å². The van der Waals surface area contributed by atoms with Crippen molar-refractivity contribution >= 4 is 17.7 Å². The zero-order chi connectivity index (χ0) is 22.0. The van der Waals surface area contributed by atoms with E-state index in [2.05, 4.69) is 36.4 Å². The molecule has 3 amide bonds. The monoisotopic (exact) mass is 421 g/mol. The van der Waals surface area contributed by atoms with Gasteiger partial charge in [0.05, 0.1) is 32.6 Å². The van der Waals surface area contributed by atoms with Crippen molar-refractivity contribution in [1.82, 2.24) is 25.2 Å². The van der Waals surface area contributed by atoms with E-state index < -0.39 is 0 Å². The van der Waals surface area contributed by atoms with E-state index in [-0.39, 0.29) is 36.1 Å². The first-order valence-electron chi connectivity index (χ1n) is 10.1. The number of carbonyl (C=O) groups excluding carboxylic acids is 3. The maximum atomic E-state index is 11.8. The van der Waals surface area contributed by atoms with Gasteiger partial charge < -0.3 is 14.8 Å². The van der Waals surface area contributed by atoms with Gasteiger partial charge in [-0.05, 0) is 11.8 Å². The minimum atomic E-state index is -0.379. The first kappa shape index (κ1) is 23.7. The van der Waals surface area contributed by atoms with Gasteiger partial charge in [-0.1, -0.05) is 26.0 Å². The lowest BCUT2D eigenvalue weighted by molar-refractivity contribution is -0.137. The molecule has 30 heavy (non-hydrogen) atoms. The van der Waals surface area contributed by atoms with Gasteiger partial charge in [0.2, 0.25) is 5.91 Å². The summed E-state index contributed by atoms with van der Waals surface area (Å²) in [6, 6.07) is 0. The maximum Gasteiger partial charge on any atom is 0.253 e. The summed E-state index contributed by atoms with van der Waals surface area (Å²) in [5, 5.41) is 10.9. The minimum Gasteiger partial charge on any atom is -0.379 e. The summed E-state index contributed by atoms with van der Waals surface area (Å²) in [7, 11) is 0. The Hall–Kier alpha value is -2.59. The summed E-state index contributed by atoms with van der Waals surface area (Å²) in [6.07, 6.45) is 4.97. The Morgan fingerprint density at radius 3 is 2.53 bits per heavy atom. The average Bonchev–Trinajstić information content (AvgIpc) is 3.26. The summed E-state index contributed by atoms with van der Waals surface area (Å²) in [6.45, 7) is 9.65. The fourth-order valence-electron chi connectivity index (χ4n) is 2.58. The van der Waals surface area contributed by atoms with Gasteiger partial charge in [0, 0.05) is 38.3 Å². The highest BCUT2D eigenvalue weighted by atomic mass is 16.5. The van der Waals surface area contributed by atoms with E-state index in [0.717, 1.165) is 10.6 Å². The van der Waals surface area contributed by atoms with E-state index in [0.29, 0.717) is 45.9 Å². The van der Waals surface area contributed by atoms with Crippen molar-refractivity contribution in [2.75, 3.05) is 32.9 Å². The van der Waals surface area contributed by atoms with E-state index in [1.54, 1.807) is 4.68 Å². The van der Waals surface area contributed by atoms with Gasteiger partial charge in [0.1, 0.15) is 5.69 Å². The molecular formula is C20H31N5O5. The van der Waals surface area contributed by atoms with Gasteiger partial charge in [0.15, 0.2) is 0 Å². The van der Waals surface area contributed by atoms with Crippen molar-refractivity contribution in [3.05, 3.63) is 24.0 Å². The van der Waals surface area contributed by atoms with E-state index >= 15 is 0 Å². The maximum absolute atomic E-state index is 11.8. The predicted molar refractivity (Wildman–Crippen MR) is 108 cm³/mol. The topological polar surface area (TPSA) is 116 Å². The molecule has 10 nitrogen and oxygen atoms in total. The third-order valence-electron chi connectivity index (χ3n) is 4.09. The molecule has 1 aromatic heterocycles.